The first kappa shape index (κ1) is 16.1. The number of benzene rings is 1. The van der Waals surface area contributed by atoms with Crippen LogP contribution < -0.4 is 15.4 Å². The molecule has 1 aliphatic heterocycles. The van der Waals surface area contributed by atoms with Gasteiger partial charge >= 0.3 is 0 Å². The third-order valence-electron chi connectivity index (χ3n) is 6.01. The molecule has 1 saturated heterocycles. The Morgan fingerprint density at radius 2 is 2.00 bits per heavy atom. The molecular formula is C19H21N3O3S. The highest BCUT2D eigenvalue weighted by molar-refractivity contribution is 7.13. The topological polar surface area (TPSA) is 77.7 Å². The molecule has 1 unspecified atom stereocenters. The lowest BCUT2D eigenvalue weighted by Gasteiger charge is -2.65. The Morgan fingerprint density at radius 1 is 1.27 bits per heavy atom. The Kier molecular flexibility index (Phi) is 3.68. The molecule has 2 bridgehead atoms. The van der Waals surface area contributed by atoms with Crippen LogP contribution in [0.25, 0.3) is 0 Å². The molecule has 1 amide bonds. The second kappa shape index (κ2) is 5.96. The largest absolute Gasteiger partial charge is 0.445 e. The van der Waals surface area contributed by atoms with Crippen molar-refractivity contribution in [3.8, 4) is 10.8 Å². The van der Waals surface area contributed by atoms with Crippen molar-refractivity contribution in [2.24, 2.45) is 17.1 Å². The van der Waals surface area contributed by atoms with Crippen molar-refractivity contribution in [1.29, 1.82) is 0 Å². The SMILES string of the molecule is NC(=O)C12CC(C1)C2c1ncc(Oc2ccc(N3CCOCC3)cc2)s1. The molecule has 0 spiro atoms. The number of thiazole rings is 1. The van der Waals surface area contributed by atoms with Gasteiger partial charge in [0.1, 0.15) is 10.8 Å². The molecule has 4 aliphatic rings. The molecule has 6 rings (SSSR count). The van der Waals surface area contributed by atoms with E-state index in [0.717, 1.165) is 55.0 Å². The summed E-state index contributed by atoms with van der Waals surface area (Å²) in [7, 11) is 0. The summed E-state index contributed by atoms with van der Waals surface area (Å²) >= 11 is 1.53. The fraction of sp³-hybridized carbons (Fsp3) is 0.474. The van der Waals surface area contributed by atoms with Crippen LogP contribution in [0.1, 0.15) is 23.8 Å². The number of rotatable bonds is 5. The fourth-order valence-electron chi connectivity index (χ4n) is 4.41. The summed E-state index contributed by atoms with van der Waals surface area (Å²) in [6.45, 7) is 3.39. The van der Waals surface area contributed by atoms with Gasteiger partial charge in [-0.15, -0.1) is 0 Å². The molecule has 3 aliphatic carbocycles. The first-order chi connectivity index (χ1) is 12.7. The molecule has 4 fully saturated rings. The molecule has 1 aromatic heterocycles. The van der Waals surface area contributed by atoms with E-state index < -0.39 is 0 Å². The lowest BCUT2D eigenvalue weighted by Crippen LogP contribution is -2.65. The molecule has 2 N–H and O–H groups in total. The molecule has 6 nitrogen and oxygen atoms in total. The predicted octanol–water partition coefficient (Wildman–Crippen LogP) is 2.75. The second-order valence-electron chi connectivity index (χ2n) is 7.38. The maximum atomic E-state index is 11.7. The second-order valence-corrected chi connectivity index (χ2v) is 8.40. The molecule has 136 valence electrons. The lowest BCUT2D eigenvalue weighted by molar-refractivity contribution is -0.173. The number of morpholine rings is 1. The number of anilines is 1. The highest BCUT2D eigenvalue weighted by atomic mass is 32.1. The van der Waals surface area contributed by atoms with Crippen LogP contribution in [0.2, 0.25) is 0 Å². The van der Waals surface area contributed by atoms with E-state index in [1.165, 1.54) is 17.0 Å². The van der Waals surface area contributed by atoms with Gasteiger partial charge in [0.2, 0.25) is 11.0 Å². The zero-order valence-electron chi connectivity index (χ0n) is 14.4. The van der Waals surface area contributed by atoms with Gasteiger partial charge in [0.05, 0.1) is 24.8 Å². The number of nitrogens with zero attached hydrogens (tertiary/aromatic N) is 2. The standard InChI is InChI=1S/C19H21N3O3S/c20-18(23)19-9-12(10-19)16(19)17-21-11-15(26-17)25-14-3-1-13(2-4-14)22-5-7-24-8-6-22/h1-4,11-12,16H,5-10H2,(H2,20,23). The Balaban J connectivity index is 1.26. The number of amides is 1. The van der Waals surface area contributed by atoms with Crippen molar-refractivity contribution in [3.05, 3.63) is 35.5 Å². The van der Waals surface area contributed by atoms with Gasteiger partial charge in [-0.1, -0.05) is 11.3 Å². The summed E-state index contributed by atoms with van der Waals surface area (Å²) < 4.78 is 11.4. The zero-order valence-corrected chi connectivity index (χ0v) is 15.2. The van der Waals surface area contributed by atoms with Crippen LogP contribution >= 0.6 is 11.3 Å². The van der Waals surface area contributed by atoms with Crippen molar-refractivity contribution in [1.82, 2.24) is 4.98 Å². The molecule has 1 atom stereocenters. The van der Waals surface area contributed by atoms with Crippen molar-refractivity contribution >= 4 is 22.9 Å². The van der Waals surface area contributed by atoms with E-state index in [0.29, 0.717) is 5.92 Å². The van der Waals surface area contributed by atoms with Gasteiger partial charge in [-0.3, -0.25) is 4.79 Å². The summed E-state index contributed by atoms with van der Waals surface area (Å²) in [6.07, 6.45) is 3.60. The van der Waals surface area contributed by atoms with E-state index >= 15 is 0 Å². The van der Waals surface area contributed by atoms with E-state index in [1.54, 1.807) is 6.20 Å². The monoisotopic (exact) mass is 371 g/mol. The number of ether oxygens (including phenoxy) is 2. The van der Waals surface area contributed by atoms with Crippen molar-refractivity contribution < 1.29 is 14.3 Å². The number of hydrogen-bond donors (Lipinski definition) is 1. The van der Waals surface area contributed by atoms with Gasteiger partial charge in [-0.2, -0.15) is 0 Å². The summed E-state index contributed by atoms with van der Waals surface area (Å²) in [5, 5.41) is 1.73. The molecule has 1 aromatic carbocycles. The van der Waals surface area contributed by atoms with E-state index in [4.69, 9.17) is 15.2 Å². The molecule has 2 heterocycles. The summed E-state index contributed by atoms with van der Waals surface area (Å²) in [6, 6.07) is 8.11. The average Bonchev–Trinajstić information content (AvgIpc) is 3.01. The number of carbonyl (C=O) groups is 1. The number of carbonyl (C=O) groups excluding carboxylic acids is 1. The molecule has 2 aromatic rings. The minimum atomic E-state index is -0.334. The van der Waals surface area contributed by atoms with Crippen molar-refractivity contribution in [3.63, 3.8) is 0 Å². The molecule has 0 radical (unpaired) electrons. The summed E-state index contributed by atoms with van der Waals surface area (Å²) in [4.78, 5) is 18.5. The van der Waals surface area contributed by atoms with Crippen molar-refractivity contribution in [2.75, 3.05) is 31.2 Å². The van der Waals surface area contributed by atoms with Crippen LogP contribution in [0.4, 0.5) is 5.69 Å². The lowest BCUT2D eigenvalue weighted by atomic mass is 9.37. The van der Waals surface area contributed by atoms with E-state index in [9.17, 15) is 4.79 Å². The number of aromatic nitrogens is 1. The maximum absolute atomic E-state index is 11.7. The molecule has 7 heteroatoms. The minimum absolute atomic E-state index is 0.179. The first-order valence-corrected chi connectivity index (χ1v) is 9.84. The predicted molar refractivity (Wildman–Crippen MR) is 98.8 cm³/mol. The van der Waals surface area contributed by atoms with Gasteiger partial charge in [0, 0.05) is 24.7 Å². The van der Waals surface area contributed by atoms with E-state index in [-0.39, 0.29) is 17.2 Å². The fourth-order valence-corrected chi connectivity index (χ4v) is 5.51. The Morgan fingerprint density at radius 3 is 2.62 bits per heavy atom. The maximum Gasteiger partial charge on any atom is 0.224 e. The van der Waals surface area contributed by atoms with E-state index in [1.807, 2.05) is 12.1 Å². The highest BCUT2D eigenvalue weighted by Crippen LogP contribution is 2.73. The minimum Gasteiger partial charge on any atom is -0.445 e. The van der Waals surface area contributed by atoms with Crippen LogP contribution in [0.5, 0.6) is 10.8 Å². The summed E-state index contributed by atoms with van der Waals surface area (Å²) in [5.41, 5.74) is 6.45. The number of hydrogen-bond acceptors (Lipinski definition) is 6. The van der Waals surface area contributed by atoms with Crippen LogP contribution in [0.3, 0.4) is 0 Å². The Hall–Kier alpha value is -2.12. The van der Waals surface area contributed by atoms with Gasteiger partial charge < -0.3 is 20.1 Å². The highest BCUT2D eigenvalue weighted by Gasteiger charge is 2.70. The zero-order chi connectivity index (χ0) is 17.7. The summed E-state index contributed by atoms with van der Waals surface area (Å²) in [5.74, 6) is 1.38. The average molecular weight is 371 g/mol. The van der Waals surface area contributed by atoms with Crippen LogP contribution in [-0.4, -0.2) is 37.2 Å². The first-order valence-electron chi connectivity index (χ1n) is 9.02. The van der Waals surface area contributed by atoms with E-state index in [2.05, 4.69) is 22.0 Å². The molecule has 3 saturated carbocycles. The van der Waals surface area contributed by atoms with Crippen LogP contribution in [0, 0.1) is 11.3 Å². The van der Waals surface area contributed by atoms with Crippen LogP contribution in [-0.2, 0) is 9.53 Å². The Bertz CT molecular complexity index is 823. The Labute approximate surface area is 155 Å². The molecule has 26 heavy (non-hydrogen) atoms. The molecular weight excluding hydrogens is 350 g/mol. The normalized spacial score (nSPS) is 29.6. The third-order valence-corrected chi connectivity index (χ3v) is 6.97. The smallest absolute Gasteiger partial charge is 0.224 e. The third kappa shape index (κ3) is 2.41. The van der Waals surface area contributed by atoms with Gasteiger partial charge in [0.25, 0.3) is 0 Å². The quantitative estimate of drug-likeness (QED) is 0.874. The number of nitrogens with two attached hydrogens (primary N) is 1. The van der Waals surface area contributed by atoms with Crippen molar-refractivity contribution in [2.45, 2.75) is 18.8 Å². The number of primary amides is 1. The van der Waals surface area contributed by atoms with Gasteiger partial charge in [-0.05, 0) is 43.0 Å². The van der Waals surface area contributed by atoms with Crippen LogP contribution in [0.15, 0.2) is 30.5 Å². The van der Waals surface area contributed by atoms with Gasteiger partial charge in [0.15, 0.2) is 0 Å². The van der Waals surface area contributed by atoms with Gasteiger partial charge in [-0.25, -0.2) is 4.98 Å².